The van der Waals surface area contributed by atoms with Crippen LogP contribution in [-0.4, -0.2) is 4.98 Å². The Morgan fingerprint density at radius 3 is 2.56 bits per heavy atom. The summed E-state index contributed by atoms with van der Waals surface area (Å²) in [5.41, 5.74) is 7.09. The van der Waals surface area contributed by atoms with Crippen molar-refractivity contribution in [2.24, 2.45) is 5.73 Å². The molecule has 2 aromatic rings. The third kappa shape index (κ3) is 1.95. The van der Waals surface area contributed by atoms with Crippen LogP contribution in [0.25, 0.3) is 0 Å². The topological polar surface area (TPSA) is 38.9 Å². The Morgan fingerprint density at radius 2 is 1.94 bits per heavy atom. The molecule has 0 bridgehead atoms. The first-order valence-corrected chi connectivity index (χ1v) is 5.06. The number of benzene rings is 1. The molecule has 0 saturated heterocycles. The quantitative estimate of drug-likeness (QED) is 0.837. The largest absolute Gasteiger partial charge is 0.318 e. The Balaban J connectivity index is 2.47. The Labute approximate surface area is 93.9 Å². The van der Waals surface area contributed by atoms with Crippen molar-refractivity contribution in [3.05, 3.63) is 65.7 Å². The van der Waals surface area contributed by atoms with E-state index in [-0.39, 0.29) is 5.82 Å². The van der Waals surface area contributed by atoms with Gasteiger partial charge in [-0.2, -0.15) is 0 Å². The average molecular weight is 216 g/mol. The minimum atomic E-state index is -0.726. The van der Waals surface area contributed by atoms with Crippen LogP contribution in [0.15, 0.2) is 48.8 Å². The lowest BCUT2D eigenvalue weighted by molar-refractivity contribution is 0.580. The van der Waals surface area contributed by atoms with Gasteiger partial charge in [-0.05, 0) is 36.2 Å². The molecule has 0 radical (unpaired) electrons. The van der Waals surface area contributed by atoms with Gasteiger partial charge in [0.1, 0.15) is 5.82 Å². The summed E-state index contributed by atoms with van der Waals surface area (Å²) in [6.07, 6.45) is 3.38. The number of halogens is 1. The maximum absolute atomic E-state index is 13.1. The summed E-state index contributed by atoms with van der Waals surface area (Å²) in [6.45, 7) is 1.85. The maximum Gasteiger partial charge on any atom is 0.123 e. The normalized spacial score (nSPS) is 14.4. The summed E-state index contributed by atoms with van der Waals surface area (Å²) in [7, 11) is 0. The Morgan fingerprint density at radius 1 is 1.19 bits per heavy atom. The second-order valence-corrected chi connectivity index (χ2v) is 3.95. The second-order valence-electron chi connectivity index (χ2n) is 3.95. The molecular formula is C13H13FN2. The second kappa shape index (κ2) is 4.02. The van der Waals surface area contributed by atoms with Crippen LogP contribution in [0.3, 0.4) is 0 Å². The van der Waals surface area contributed by atoms with E-state index in [9.17, 15) is 4.39 Å². The minimum Gasteiger partial charge on any atom is -0.318 e. The van der Waals surface area contributed by atoms with Crippen LogP contribution in [0.2, 0.25) is 0 Å². The standard InChI is InChI=1S/C13H13FN2/c1-13(15,11-5-3-7-16-9-11)10-4-2-6-12(14)8-10/h2-9H,15H2,1H3. The maximum atomic E-state index is 13.1. The fourth-order valence-corrected chi connectivity index (χ4v) is 1.65. The van der Waals surface area contributed by atoms with Gasteiger partial charge in [0, 0.05) is 12.4 Å². The van der Waals surface area contributed by atoms with E-state index >= 15 is 0 Å². The Bertz CT molecular complexity index is 480. The van der Waals surface area contributed by atoms with Gasteiger partial charge in [-0.1, -0.05) is 18.2 Å². The van der Waals surface area contributed by atoms with Crippen molar-refractivity contribution in [1.29, 1.82) is 0 Å². The summed E-state index contributed by atoms with van der Waals surface area (Å²) in [5.74, 6) is -0.280. The average Bonchev–Trinajstić information content (AvgIpc) is 2.30. The Kier molecular flexibility index (Phi) is 2.71. The van der Waals surface area contributed by atoms with E-state index in [1.165, 1.54) is 12.1 Å². The zero-order valence-corrected chi connectivity index (χ0v) is 9.02. The molecule has 2 N–H and O–H groups in total. The molecule has 1 atom stereocenters. The molecule has 0 spiro atoms. The van der Waals surface area contributed by atoms with E-state index in [2.05, 4.69) is 4.98 Å². The van der Waals surface area contributed by atoms with Crippen LogP contribution in [0.4, 0.5) is 4.39 Å². The summed E-state index contributed by atoms with van der Waals surface area (Å²) in [4.78, 5) is 4.03. The zero-order valence-electron chi connectivity index (χ0n) is 9.02. The van der Waals surface area contributed by atoms with E-state index in [1.807, 2.05) is 25.1 Å². The highest BCUT2D eigenvalue weighted by Gasteiger charge is 2.23. The molecule has 82 valence electrons. The molecular weight excluding hydrogens is 203 g/mol. The minimum absolute atomic E-state index is 0.280. The first-order valence-electron chi connectivity index (χ1n) is 5.06. The molecule has 1 aromatic carbocycles. The molecule has 16 heavy (non-hydrogen) atoms. The first-order chi connectivity index (χ1) is 7.60. The highest BCUT2D eigenvalue weighted by molar-refractivity contribution is 5.35. The van der Waals surface area contributed by atoms with Crippen LogP contribution < -0.4 is 5.73 Å². The van der Waals surface area contributed by atoms with Gasteiger partial charge in [0.2, 0.25) is 0 Å². The van der Waals surface area contributed by atoms with Crippen molar-refractivity contribution < 1.29 is 4.39 Å². The van der Waals surface area contributed by atoms with Crippen LogP contribution >= 0.6 is 0 Å². The van der Waals surface area contributed by atoms with E-state index in [0.29, 0.717) is 0 Å². The molecule has 0 aliphatic carbocycles. The van der Waals surface area contributed by atoms with Crippen molar-refractivity contribution in [2.45, 2.75) is 12.5 Å². The SMILES string of the molecule is CC(N)(c1cccnc1)c1cccc(F)c1. The fourth-order valence-electron chi connectivity index (χ4n) is 1.65. The van der Waals surface area contributed by atoms with Crippen molar-refractivity contribution in [2.75, 3.05) is 0 Å². The molecule has 2 nitrogen and oxygen atoms in total. The van der Waals surface area contributed by atoms with Gasteiger partial charge < -0.3 is 5.73 Å². The van der Waals surface area contributed by atoms with Crippen molar-refractivity contribution >= 4 is 0 Å². The molecule has 3 heteroatoms. The molecule has 0 amide bonds. The molecule has 0 aliphatic heterocycles. The number of nitrogens with two attached hydrogens (primary N) is 1. The predicted octanol–water partition coefficient (Wildman–Crippen LogP) is 2.44. The number of pyridine rings is 1. The van der Waals surface area contributed by atoms with Gasteiger partial charge in [-0.3, -0.25) is 4.98 Å². The summed E-state index contributed by atoms with van der Waals surface area (Å²) in [5, 5.41) is 0. The summed E-state index contributed by atoms with van der Waals surface area (Å²) in [6, 6.07) is 10.0. The predicted molar refractivity (Wildman–Crippen MR) is 61.3 cm³/mol. The highest BCUT2D eigenvalue weighted by atomic mass is 19.1. The third-order valence-electron chi connectivity index (χ3n) is 2.69. The zero-order chi connectivity index (χ0) is 11.6. The third-order valence-corrected chi connectivity index (χ3v) is 2.69. The molecule has 1 unspecified atom stereocenters. The lowest BCUT2D eigenvalue weighted by Gasteiger charge is -2.25. The number of hydrogen-bond donors (Lipinski definition) is 1. The number of aromatic nitrogens is 1. The highest BCUT2D eigenvalue weighted by Crippen LogP contribution is 2.25. The smallest absolute Gasteiger partial charge is 0.123 e. The summed E-state index contributed by atoms with van der Waals surface area (Å²) >= 11 is 0. The van der Waals surface area contributed by atoms with Gasteiger partial charge in [-0.15, -0.1) is 0 Å². The number of hydrogen-bond acceptors (Lipinski definition) is 2. The molecule has 1 heterocycles. The van der Waals surface area contributed by atoms with Crippen LogP contribution in [-0.2, 0) is 5.54 Å². The molecule has 0 fully saturated rings. The van der Waals surface area contributed by atoms with Crippen molar-refractivity contribution in [3.63, 3.8) is 0 Å². The van der Waals surface area contributed by atoms with Crippen molar-refractivity contribution in [1.82, 2.24) is 4.98 Å². The molecule has 0 aliphatic rings. The first kappa shape index (κ1) is 10.8. The van der Waals surface area contributed by atoms with Gasteiger partial charge in [0.15, 0.2) is 0 Å². The van der Waals surface area contributed by atoms with E-state index in [0.717, 1.165) is 11.1 Å². The lowest BCUT2D eigenvalue weighted by atomic mass is 9.87. The molecule has 2 rings (SSSR count). The number of nitrogens with zero attached hydrogens (tertiary/aromatic N) is 1. The van der Waals surface area contributed by atoms with Crippen LogP contribution in [0, 0.1) is 5.82 Å². The van der Waals surface area contributed by atoms with Gasteiger partial charge >= 0.3 is 0 Å². The summed E-state index contributed by atoms with van der Waals surface area (Å²) < 4.78 is 13.1. The molecule has 1 aromatic heterocycles. The lowest BCUT2D eigenvalue weighted by Crippen LogP contribution is -2.34. The molecule has 0 saturated carbocycles. The Hall–Kier alpha value is -1.74. The number of rotatable bonds is 2. The van der Waals surface area contributed by atoms with Gasteiger partial charge in [-0.25, -0.2) is 4.39 Å². The fraction of sp³-hybridized carbons (Fsp3) is 0.154. The van der Waals surface area contributed by atoms with Crippen LogP contribution in [0.1, 0.15) is 18.1 Å². The monoisotopic (exact) mass is 216 g/mol. The van der Waals surface area contributed by atoms with E-state index in [1.54, 1.807) is 18.5 Å². The van der Waals surface area contributed by atoms with E-state index < -0.39 is 5.54 Å². The van der Waals surface area contributed by atoms with Crippen molar-refractivity contribution in [3.8, 4) is 0 Å². The van der Waals surface area contributed by atoms with Gasteiger partial charge in [0.05, 0.1) is 5.54 Å². The van der Waals surface area contributed by atoms with E-state index in [4.69, 9.17) is 5.73 Å². The van der Waals surface area contributed by atoms with Gasteiger partial charge in [0.25, 0.3) is 0 Å². The van der Waals surface area contributed by atoms with Crippen LogP contribution in [0.5, 0.6) is 0 Å².